The fraction of sp³-hybridized carbons (Fsp3) is 0.479. The highest BCUT2D eigenvalue weighted by atomic mass is 35.5. The molecule has 15 heteroatoms. The van der Waals surface area contributed by atoms with E-state index in [1.165, 1.54) is 15.2 Å². The first-order valence-corrected chi connectivity index (χ1v) is 22.7. The predicted molar refractivity (Wildman–Crippen MR) is 238 cm³/mol. The molecule has 4 N–H and O–H groups in total. The van der Waals surface area contributed by atoms with E-state index in [1.807, 2.05) is 24.3 Å². The smallest absolute Gasteiger partial charge is 0.329 e. The minimum atomic E-state index is -1.30. The maximum atomic E-state index is 16.4. The van der Waals surface area contributed by atoms with Crippen LogP contribution in [0, 0.1) is 34.9 Å². The van der Waals surface area contributed by atoms with Crippen LogP contribution in [0.4, 0.5) is 10.1 Å². The van der Waals surface area contributed by atoms with Gasteiger partial charge in [-0.2, -0.15) is 0 Å². The van der Waals surface area contributed by atoms with E-state index >= 15 is 4.39 Å². The van der Waals surface area contributed by atoms with E-state index in [0.29, 0.717) is 40.5 Å². The van der Waals surface area contributed by atoms with Gasteiger partial charge in [0.25, 0.3) is 0 Å². The monoisotopic (exact) mass is 893 g/mol. The van der Waals surface area contributed by atoms with Crippen molar-refractivity contribution in [2.45, 2.75) is 100 Å². The molecule has 4 aromatic rings. The van der Waals surface area contributed by atoms with Gasteiger partial charge in [0.15, 0.2) is 0 Å². The Morgan fingerprint density at radius 1 is 0.952 bits per heavy atom. The molecule has 3 saturated heterocycles. The number of hydrogen-bond acceptors (Lipinski definition) is 7. The summed E-state index contributed by atoms with van der Waals surface area (Å²) in [6, 6.07) is 14.1. The third-order valence-electron chi connectivity index (χ3n) is 15.1. The van der Waals surface area contributed by atoms with Gasteiger partial charge in [0.05, 0.1) is 22.1 Å². The summed E-state index contributed by atoms with van der Waals surface area (Å²) in [4.78, 5) is 69.3. The standard InChI is InChI=1S/C48H50Cl2FN7O5/c1-46(2)15-17-47(18-16-46)48(32-11-10-29(49)22-34(32)53-44(48)62)39(31-5-4-6-33(50)40(31)51)41(55-47)43(61)52-30-19-28(20-30)25-57-23-27(24-57)8-7-26-9-12-35-37(21-26)56(3)45(63)58(35)36-13-14-38(59)54-42(36)60/h4-6,9-12,21-22,27-28,30,36,39,41,55H,13-20,23-25H2,1-3H3,(H,52,61)(H,53,62)(H,54,59,60)/t28-,30-,36?,39-,41+,48+/m0/s1. The van der Waals surface area contributed by atoms with Crippen LogP contribution in [-0.2, 0) is 31.6 Å². The summed E-state index contributed by atoms with van der Waals surface area (Å²) in [6.45, 7) is 7.02. The second kappa shape index (κ2) is 15.3. The van der Waals surface area contributed by atoms with E-state index in [4.69, 9.17) is 23.2 Å². The van der Waals surface area contributed by atoms with Crippen molar-refractivity contribution in [2.24, 2.45) is 24.3 Å². The summed E-state index contributed by atoms with van der Waals surface area (Å²) in [6.07, 6.45) is 4.98. The molecule has 4 amide bonds. The number of aryl methyl sites for hydroxylation is 1. The Balaban J connectivity index is 0.810. The molecule has 5 heterocycles. The van der Waals surface area contributed by atoms with Crippen molar-refractivity contribution < 1.29 is 23.6 Å². The number of benzene rings is 3. The zero-order chi connectivity index (χ0) is 44.2. The van der Waals surface area contributed by atoms with Gasteiger partial charge >= 0.3 is 5.69 Å². The number of imidazole rings is 1. The van der Waals surface area contributed by atoms with Crippen LogP contribution in [0.15, 0.2) is 59.4 Å². The number of rotatable bonds is 6. The van der Waals surface area contributed by atoms with Crippen molar-refractivity contribution in [3.8, 4) is 11.8 Å². The fourth-order valence-corrected chi connectivity index (χ4v) is 12.1. The number of carbonyl (C=O) groups excluding carboxylic acids is 4. The Morgan fingerprint density at radius 2 is 1.71 bits per heavy atom. The van der Waals surface area contributed by atoms with Gasteiger partial charge in [-0.25, -0.2) is 9.18 Å². The van der Waals surface area contributed by atoms with Gasteiger partial charge < -0.3 is 15.5 Å². The molecule has 4 aliphatic heterocycles. The van der Waals surface area contributed by atoms with Gasteiger partial charge in [-0.15, -0.1) is 0 Å². The third kappa shape index (κ3) is 6.82. The van der Waals surface area contributed by atoms with Gasteiger partial charge in [0.1, 0.15) is 17.3 Å². The van der Waals surface area contributed by atoms with E-state index in [-0.39, 0.29) is 64.2 Å². The number of hydrogen-bond donors (Lipinski definition) is 4. The van der Waals surface area contributed by atoms with Crippen LogP contribution < -0.4 is 27.0 Å². The molecule has 6 aliphatic rings. The lowest BCUT2D eigenvalue weighted by Gasteiger charge is -2.50. The molecule has 63 heavy (non-hydrogen) atoms. The molecular weight excluding hydrogens is 844 g/mol. The molecule has 2 aliphatic carbocycles. The molecule has 2 saturated carbocycles. The molecule has 1 aromatic heterocycles. The highest BCUT2D eigenvalue weighted by Gasteiger charge is 2.73. The quantitative estimate of drug-likeness (QED) is 0.139. The Bertz CT molecular complexity index is 2730. The highest BCUT2D eigenvalue weighted by Crippen LogP contribution is 2.64. The first-order chi connectivity index (χ1) is 30.1. The van der Waals surface area contributed by atoms with Crippen molar-refractivity contribution in [1.82, 2.24) is 30.0 Å². The number of amides is 4. The summed E-state index contributed by atoms with van der Waals surface area (Å²) in [5, 5.41) is 12.9. The third-order valence-corrected chi connectivity index (χ3v) is 15.7. The van der Waals surface area contributed by atoms with Crippen molar-refractivity contribution in [2.75, 3.05) is 25.0 Å². The van der Waals surface area contributed by atoms with E-state index in [1.54, 1.807) is 31.3 Å². The zero-order valence-electron chi connectivity index (χ0n) is 35.5. The lowest BCUT2D eigenvalue weighted by atomic mass is 9.53. The molecule has 5 fully saturated rings. The molecule has 4 atom stereocenters. The number of nitrogens with one attached hydrogen (secondary N) is 4. The number of piperidine rings is 1. The number of halogens is 3. The maximum Gasteiger partial charge on any atom is 0.329 e. The Kier molecular flexibility index (Phi) is 10.2. The average molecular weight is 895 g/mol. The molecule has 0 radical (unpaired) electrons. The summed E-state index contributed by atoms with van der Waals surface area (Å²) >= 11 is 12.9. The van der Waals surface area contributed by atoms with Crippen molar-refractivity contribution >= 4 is 63.6 Å². The predicted octanol–water partition coefficient (Wildman–Crippen LogP) is 5.93. The Labute approximate surface area is 374 Å². The van der Waals surface area contributed by atoms with Crippen LogP contribution in [0.3, 0.4) is 0 Å². The highest BCUT2D eigenvalue weighted by molar-refractivity contribution is 6.31. The number of nitrogens with zero attached hydrogens (tertiary/aromatic N) is 3. The first kappa shape index (κ1) is 42.0. The molecule has 0 bridgehead atoms. The molecule has 12 nitrogen and oxygen atoms in total. The number of aromatic nitrogens is 2. The van der Waals surface area contributed by atoms with Crippen LogP contribution in [0.5, 0.6) is 0 Å². The number of fused-ring (bicyclic) bond motifs is 4. The fourth-order valence-electron chi connectivity index (χ4n) is 11.7. The Morgan fingerprint density at radius 3 is 2.46 bits per heavy atom. The largest absolute Gasteiger partial charge is 0.352 e. The topological polar surface area (TPSA) is 147 Å². The second-order valence-electron chi connectivity index (χ2n) is 19.6. The van der Waals surface area contributed by atoms with E-state index < -0.39 is 40.7 Å². The van der Waals surface area contributed by atoms with E-state index in [0.717, 1.165) is 56.4 Å². The summed E-state index contributed by atoms with van der Waals surface area (Å²) in [5.41, 5.74) is 1.22. The first-order valence-electron chi connectivity index (χ1n) is 22.0. The normalized spacial score (nSPS) is 28.5. The number of imide groups is 1. The van der Waals surface area contributed by atoms with Crippen molar-refractivity contribution in [3.63, 3.8) is 0 Å². The summed E-state index contributed by atoms with van der Waals surface area (Å²) < 4.78 is 19.3. The molecule has 10 rings (SSSR count). The number of carbonyl (C=O) groups is 4. The van der Waals surface area contributed by atoms with Crippen LogP contribution in [0.1, 0.15) is 93.9 Å². The number of anilines is 1. The molecular formula is C48H50Cl2FN7O5. The van der Waals surface area contributed by atoms with Gasteiger partial charge in [0, 0.05) is 72.8 Å². The van der Waals surface area contributed by atoms with Crippen LogP contribution >= 0.6 is 23.2 Å². The molecule has 2 spiro atoms. The zero-order valence-corrected chi connectivity index (χ0v) is 37.0. The molecule has 1 unspecified atom stereocenters. The van der Waals surface area contributed by atoms with E-state index in [9.17, 15) is 24.0 Å². The average Bonchev–Trinajstić information content (AvgIpc) is 3.77. The van der Waals surface area contributed by atoms with Gasteiger partial charge in [-0.3, -0.25) is 38.9 Å². The maximum absolute atomic E-state index is 16.4. The van der Waals surface area contributed by atoms with Gasteiger partial charge in [0.2, 0.25) is 23.6 Å². The van der Waals surface area contributed by atoms with Crippen LogP contribution in [-0.4, -0.2) is 74.9 Å². The van der Waals surface area contributed by atoms with Crippen LogP contribution in [0.25, 0.3) is 11.0 Å². The minimum absolute atomic E-state index is 0.0421. The van der Waals surface area contributed by atoms with E-state index in [2.05, 4.69) is 51.9 Å². The van der Waals surface area contributed by atoms with Crippen molar-refractivity contribution in [3.05, 3.63) is 97.6 Å². The van der Waals surface area contributed by atoms with Gasteiger partial charge in [-0.05, 0) is 104 Å². The van der Waals surface area contributed by atoms with Gasteiger partial charge in [-0.1, -0.05) is 67.1 Å². The van der Waals surface area contributed by atoms with Crippen molar-refractivity contribution in [1.29, 1.82) is 0 Å². The molecule has 3 aromatic carbocycles. The molecule has 328 valence electrons. The lowest BCUT2D eigenvalue weighted by molar-refractivity contribution is -0.136. The Hall–Kier alpha value is -5.00. The number of likely N-dealkylation sites (tertiary alicyclic amines) is 1. The minimum Gasteiger partial charge on any atom is -0.352 e. The lowest BCUT2D eigenvalue weighted by Crippen LogP contribution is -2.61. The summed E-state index contributed by atoms with van der Waals surface area (Å²) in [5.74, 6) is 4.45. The van der Waals surface area contributed by atoms with Crippen LogP contribution in [0.2, 0.25) is 10.0 Å². The second-order valence-corrected chi connectivity index (χ2v) is 20.4. The summed E-state index contributed by atoms with van der Waals surface area (Å²) in [7, 11) is 1.67. The SMILES string of the molecule is Cn1c(=O)n(C2CCC(=O)NC2=O)c2ccc(C#CC3CN(C[C@H]4C[C@H](NC(=O)[C@@H]5NC6(CCC(C)(C)CC6)[C@@]6(C(=O)Nc7cc(Cl)ccc76)[C@H]5c5cccc(Cl)c5F)C4)C3)cc21.